The lowest BCUT2D eigenvalue weighted by molar-refractivity contribution is -0.0571. The Morgan fingerprint density at radius 3 is 2.50 bits per heavy atom. The van der Waals surface area contributed by atoms with Crippen LogP contribution in [0.2, 0.25) is 0 Å². The average molecular weight is 322 g/mol. The first-order chi connectivity index (χ1) is 6.77. The molecule has 4 heteroatoms. The molecular weight excluding hydrogens is 312 g/mol. The van der Waals surface area contributed by atoms with Crippen molar-refractivity contribution in [2.24, 2.45) is 0 Å². The van der Waals surface area contributed by atoms with E-state index in [1.807, 2.05) is 30.3 Å². The largest absolute Gasteiger partial charge is 0.346 e. The van der Waals surface area contributed by atoms with Crippen molar-refractivity contribution in [2.45, 2.75) is 16.1 Å². The van der Waals surface area contributed by atoms with E-state index < -0.39 is 0 Å². The Labute approximate surface area is 99.8 Å². The Morgan fingerprint density at radius 1 is 1.21 bits per heavy atom. The van der Waals surface area contributed by atoms with Crippen LogP contribution in [-0.4, -0.2) is 16.4 Å². The SMILES string of the molecule is BrC(Br)C1COC(c2ccccc2)O1. The van der Waals surface area contributed by atoms with E-state index in [1.165, 1.54) is 0 Å². The maximum atomic E-state index is 5.69. The fraction of sp³-hybridized carbons (Fsp3) is 0.400. The molecule has 1 aliphatic rings. The molecule has 1 aliphatic heterocycles. The summed E-state index contributed by atoms with van der Waals surface area (Å²) in [6, 6.07) is 9.95. The summed E-state index contributed by atoms with van der Waals surface area (Å²) in [7, 11) is 0. The smallest absolute Gasteiger partial charge is 0.184 e. The van der Waals surface area contributed by atoms with Crippen LogP contribution in [0.25, 0.3) is 0 Å². The van der Waals surface area contributed by atoms with Crippen molar-refractivity contribution >= 4 is 31.9 Å². The van der Waals surface area contributed by atoms with Crippen LogP contribution in [0.1, 0.15) is 11.9 Å². The molecule has 1 saturated heterocycles. The molecule has 2 rings (SSSR count). The summed E-state index contributed by atoms with van der Waals surface area (Å²) >= 11 is 6.83. The third kappa shape index (κ3) is 2.37. The van der Waals surface area contributed by atoms with Gasteiger partial charge in [-0.3, -0.25) is 0 Å². The second-order valence-corrected chi connectivity index (χ2v) is 6.29. The van der Waals surface area contributed by atoms with E-state index in [0.717, 1.165) is 5.56 Å². The fourth-order valence-electron chi connectivity index (χ4n) is 1.34. The zero-order valence-corrected chi connectivity index (χ0v) is 10.6. The Balaban J connectivity index is 2.03. The van der Waals surface area contributed by atoms with Gasteiger partial charge in [-0.2, -0.15) is 0 Å². The van der Waals surface area contributed by atoms with Crippen LogP contribution in [0.3, 0.4) is 0 Å². The minimum absolute atomic E-state index is 0.0696. The van der Waals surface area contributed by atoms with E-state index in [-0.39, 0.29) is 16.1 Å². The Bertz CT molecular complexity index is 289. The first-order valence-electron chi connectivity index (χ1n) is 4.37. The van der Waals surface area contributed by atoms with Crippen molar-refractivity contribution < 1.29 is 9.47 Å². The monoisotopic (exact) mass is 320 g/mol. The molecule has 0 aliphatic carbocycles. The van der Waals surface area contributed by atoms with Gasteiger partial charge in [0.05, 0.1) is 10.3 Å². The number of rotatable bonds is 2. The van der Waals surface area contributed by atoms with E-state index in [9.17, 15) is 0 Å². The zero-order valence-electron chi connectivity index (χ0n) is 7.40. The molecule has 1 heterocycles. The minimum atomic E-state index is -0.223. The van der Waals surface area contributed by atoms with Gasteiger partial charge in [0.1, 0.15) is 6.10 Å². The number of hydrogen-bond acceptors (Lipinski definition) is 2. The summed E-state index contributed by atoms with van der Waals surface area (Å²) in [5, 5.41) is 0. The van der Waals surface area contributed by atoms with Crippen molar-refractivity contribution in [2.75, 3.05) is 6.61 Å². The van der Waals surface area contributed by atoms with Crippen molar-refractivity contribution in [1.82, 2.24) is 0 Å². The Kier molecular flexibility index (Phi) is 3.60. The normalized spacial score (nSPS) is 27.1. The summed E-state index contributed by atoms with van der Waals surface area (Å²) in [6.45, 7) is 0.612. The number of benzene rings is 1. The maximum absolute atomic E-state index is 5.69. The lowest BCUT2D eigenvalue weighted by atomic mass is 10.2. The highest BCUT2D eigenvalue weighted by atomic mass is 79.9. The van der Waals surface area contributed by atoms with Gasteiger partial charge in [0.2, 0.25) is 0 Å². The highest BCUT2D eigenvalue weighted by Crippen LogP contribution is 2.31. The van der Waals surface area contributed by atoms with E-state index in [4.69, 9.17) is 9.47 Å². The summed E-state index contributed by atoms with van der Waals surface area (Å²) < 4.78 is 11.4. The van der Waals surface area contributed by atoms with Gasteiger partial charge in [0, 0.05) is 5.56 Å². The minimum Gasteiger partial charge on any atom is -0.346 e. The highest BCUT2D eigenvalue weighted by Gasteiger charge is 2.30. The molecule has 2 atom stereocenters. The van der Waals surface area contributed by atoms with Gasteiger partial charge < -0.3 is 9.47 Å². The highest BCUT2D eigenvalue weighted by molar-refractivity contribution is 9.24. The molecule has 1 aromatic rings. The van der Waals surface area contributed by atoms with Crippen molar-refractivity contribution in [1.29, 1.82) is 0 Å². The molecule has 76 valence electrons. The van der Waals surface area contributed by atoms with Crippen molar-refractivity contribution in [3.8, 4) is 0 Å². The molecule has 0 N–H and O–H groups in total. The molecular formula is C10H10Br2O2. The molecule has 0 bridgehead atoms. The number of ether oxygens (including phenoxy) is 2. The fourth-order valence-corrected chi connectivity index (χ4v) is 1.89. The molecule has 0 saturated carbocycles. The van der Waals surface area contributed by atoms with Crippen LogP contribution in [-0.2, 0) is 9.47 Å². The standard InChI is InChI=1S/C10H10Br2O2/c11-9(12)8-6-13-10(14-8)7-4-2-1-3-5-7/h1-5,8-10H,6H2. The molecule has 2 unspecified atom stereocenters. The third-order valence-electron chi connectivity index (χ3n) is 2.06. The summed E-state index contributed by atoms with van der Waals surface area (Å²) in [5.41, 5.74) is 1.07. The van der Waals surface area contributed by atoms with Gasteiger partial charge in [0.15, 0.2) is 6.29 Å². The van der Waals surface area contributed by atoms with Crippen LogP contribution >= 0.6 is 31.9 Å². The van der Waals surface area contributed by atoms with Crippen molar-refractivity contribution in [3.05, 3.63) is 35.9 Å². The third-order valence-corrected chi connectivity index (χ3v) is 3.24. The van der Waals surface area contributed by atoms with E-state index >= 15 is 0 Å². The van der Waals surface area contributed by atoms with Gasteiger partial charge in [0.25, 0.3) is 0 Å². The Hall–Kier alpha value is 0.1000. The second kappa shape index (κ2) is 4.75. The molecule has 2 nitrogen and oxygen atoms in total. The first-order valence-corrected chi connectivity index (χ1v) is 6.20. The van der Waals surface area contributed by atoms with Crippen LogP contribution in [0.4, 0.5) is 0 Å². The number of hydrogen-bond donors (Lipinski definition) is 0. The van der Waals surface area contributed by atoms with Gasteiger partial charge in [-0.1, -0.05) is 62.2 Å². The lowest BCUT2D eigenvalue weighted by Gasteiger charge is -2.12. The zero-order chi connectivity index (χ0) is 9.97. The first kappa shape index (κ1) is 10.6. The quantitative estimate of drug-likeness (QED) is 0.779. The van der Waals surface area contributed by atoms with Gasteiger partial charge in [-0.25, -0.2) is 0 Å². The van der Waals surface area contributed by atoms with Gasteiger partial charge >= 0.3 is 0 Å². The average Bonchev–Trinajstić information content (AvgIpc) is 2.68. The predicted molar refractivity (Wildman–Crippen MR) is 61.7 cm³/mol. The predicted octanol–water partition coefficient (Wildman–Crippen LogP) is 3.22. The van der Waals surface area contributed by atoms with Crippen LogP contribution in [0.5, 0.6) is 0 Å². The molecule has 1 aromatic carbocycles. The molecule has 0 amide bonds. The van der Waals surface area contributed by atoms with Gasteiger partial charge in [-0.15, -0.1) is 0 Å². The number of halogens is 2. The summed E-state index contributed by atoms with van der Waals surface area (Å²) in [4.78, 5) is 0. The van der Waals surface area contributed by atoms with Crippen LogP contribution < -0.4 is 0 Å². The topological polar surface area (TPSA) is 18.5 Å². The molecule has 1 fully saturated rings. The lowest BCUT2D eigenvalue weighted by Crippen LogP contribution is -2.17. The van der Waals surface area contributed by atoms with E-state index in [2.05, 4.69) is 31.9 Å². The number of alkyl halides is 2. The molecule has 0 aromatic heterocycles. The maximum Gasteiger partial charge on any atom is 0.184 e. The van der Waals surface area contributed by atoms with Gasteiger partial charge in [-0.05, 0) is 0 Å². The Morgan fingerprint density at radius 2 is 1.93 bits per heavy atom. The van der Waals surface area contributed by atoms with Crippen molar-refractivity contribution in [3.63, 3.8) is 0 Å². The van der Waals surface area contributed by atoms with E-state index in [0.29, 0.717) is 6.61 Å². The molecule has 0 spiro atoms. The molecule has 14 heavy (non-hydrogen) atoms. The van der Waals surface area contributed by atoms with Crippen LogP contribution in [0, 0.1) is 0 Å². The second-order valence-electron chi connectivity index (χ2n) is 3.08. The van der Waals surface area contributed by atoms with E-state index in [1.54, 1.807) is 0 Å². The summed E-state index contributed by atoms with van der Waals surface area (Å²) in [5.74, 6) is 0. The molecule has 0 radical (unpaired) electrons. The summed E-state index contributed by atoms with van der Waals surface area (Å²) in [6.07, 6.45) is -0.154. The van der Waals surface area contributed by atoms with Crippen LogP contribution in [0.15, 0.2) is 30.3 Å².